The smallest absolute Gasteiger partial charge is 0.251 e. The van der Waals surface area contributed by atoms with Crippen molar-refractivity contribution in [1.82, 2.24) is 20.5 Å². The van der Waals surface area contributed by atoms with Gasteiger partial charge in [-0.3, -0.25) is 9.89 Å². The normalized spacial score (nSPS) is 11.8. The van der Waals surface area contributed by atoms with Gasteiger partial charge in [0.1, 0.15) is 18.0 Å². The third kappa shape index (κ3) is 4.41. The molecule has 25 heavy (non-hydrogen) atoms. The fourth-order valence-electron chi connectivity index (χ4n) is 2.35. The van der Waals surface area contributed by atoms with Crippen molar-refractivity contribution in [2.75, 3.05) is 5.32 Å². The Bertz CT molecular complexity index is 833. The van der Waals surface area contributed by atoms with Gasteiger partial charge in [0, 0.05) is 17.8 Å². The number of nitrogens with zero attached hydrogens (tertiary/aromatic N) is 2. The monoisotopic (exact) mass is 339 g/mol. The lowest BCUT2D eigenvalue weighted by Gasteiger charge is -2.12. The number of benzene rings is 2. The van der Waals surface area contributed by atoms with Crippen LogP contribution in [0.25, 0.3) is 0 Å². The van der Waals surface area contributed by atoms with Crippen LogP contribution >= 0.6 is 0 Å². The van der Waals surface area contributed by atoms with Gasteiger partial charge in [-0.25, -0.2) is 9.37 Å². The molecule has 0 bridgehead atoms. The van der Waals surface area contributed by atoms with Crippen LogP contribution in [0.3, 0.4) is 0 Å². The molecule has 2 aromatic carbocycles. The molecule has 0 spiro atoms. The van der Waals surface area contributed by atoms with Gasteiger partial charge in [0.15, 0.2) is 0 Å². The molecular weight excluding hydrogens is 321 g/mol. The third-order valence-electron chi connectivity index (χ3n) is 3.73. The quantitative estimate of drug-likeness (QED) is 0.645. The molecule has 0 unspecified atom stereocenters. The van der Waals surface area contributed by atoms with E-state index in [-0.39, 0.29) is 17.8 Å². The van der Waals surface area contributed by atoms with E-state index in [0.717, 1.165) is 11.3 Å². The minimum Gasteiger partial charge on any atom is -0.381 e. The van der Waals surface area contributed by atoms with E-state index in [1.165, 1.54) is 18.5 Å². The zero-order valence-corrected chi connectivity index (χ0v) is 13.7. The van der Waals surface area contributed by atoms with Crippen molar-refractivity contribution in [1.29, 1.82) is 0 Å². The lowest BCUT2D eigenvalue weighted by atomic mass is 10.1. The summed E-state index contributed by atoms with van der Waals surface area (Å²) in [4.78, 5) is 16.4. The number of carbonyl (C=O) groups excluding carboxylic acids is 1. The van der Waals surface area contributed by atoms with E-state index in [2.05, 4.69) is 25.8 Å². The van der Waals surface area contributed by atoms with Crippen LogP contribution in [-0.4, -0.2) is 21.1 Å². The number of amides is 1. The summed E-state index contributed by atoms with van der Waals surface area (Å²) < 4.78 is 12.9. The van der Waals surface area contributed by atoms with E-state index in [4.69, 9.17) is 0 Å². The van der Waals surface area contributed by atoms with Crippen LogP contribution < -0.4 is 10.6 Å². The van der Waals surface area contributed by atoms with E-state index in [9.17, 15) is 9.18 Å². The van der Waals surface area contributed by atoms with Crippen molar-refractivity contribution in [2.24, 2.45) is 0 Å². The summed E-state index contributed by atoms with van der Waals surface area (Å²) in [5.74, 6) is 0.136. The predicted molar refractivity (Wildman–Crippen MR) is 92.4 cm³/mol. The Kier molecular flexibility index (Phi) is 5.03. The van der Waals surface area contributed by atoms with Gasteiger partial charge in [-0.2, -0.15) is 5.10 Å². The number of aromatic amines is 1. The van der Waals surface area contributed by atoms with E-state index < -0.39 is 0 Å². The maximum atomic E-state index is 12.9. The molecule has 1 amide bonds. The molecule has 3 rings (SSSR count). The summed E-state index contributed by atoms with van der Waals surface area (Å²) in [6.45, 7) is 2.37. The zero-order chi connectivity index (χ0) is 17.6. The first-order valence-corrected chi connectivity index (χ1v) is 7.86. The van der Waals surface area contributed by atoms with E-state index in [0.29, 0.717) is 17.9 Å². The lowest BCUT2D eigenvalue weighted by Crippen LogP contribution is -2.27. The number of hydrogen-bond donors (Lipinski definition) is 3. The molecule has 1 aromatic heterocycles. The number of hydrogen-bond acceptors (Lipinski definition) is 4. The molecule has 0 fully saturated rings. The number of H-pyrrole nitrogens is 1. The molecule has 128 valence electrons. The Hall–Kier alpha value is -3.22. The molecule has 7 heteroatoms. The van der Waals surface area contributed by atoms with Crippen LogP contribution in [0.2, 0.25) is 0 Å². The topological polar surface area (TPSA) is 82.7 Å². The SMILES string of the molecule is C[C@H](NC(=O)c1cccc(NCc2ccc(F)cc2)c1)c1ncn[nH]1. The van der Waals surface area contributed by atoms with Crippen LogP contribution in [0, 0.1) is 5.82 Å². The second-order valence-electron chi connectivity index (χ2n) is 5.63. The summed E-state index contributed by atoms with van der Waals surface area (Å²) in [5, 5.41) is 12.6. The molecule has 0 aliphatic heterocycles. The van der Waals surface area contributed by atoms with Gasteiger partial charge in [-0.1, -0.05) is 18.2 Å². The zero-order valence-electron chi connectivity index (χ0n) is 13.7. The number of nitrogens with one attached hydrogen (secondary N) is 3. The second-order valence-corrected chi connectivity index (χ2v) is 5.63. The standard InChI is InChI=1S/C18H18FN5O/c1-12(17-21-11-22-24-17)23-18(25)14-3-2-4-16(9-14)20-10-13-5-7-15(19)8-6-13/h2-9,11-12,20H,10H2,1H3,(H,23,25)(H,21,22,24)/t12-/m0/s1. The molecule has 1 atom stereocenters. The Morgan fingerprint density at radius 3 is 2.76 bits per heavy atom. The van der Waals surface area contributed by atoms with Crippen molar-refractivity contribution in [2.45, 2.75) is 19.5 Å². The van der Waals surface area contributed by atoms with Crippen LogP contribution in [-0.2, 0) is 6.54 Å². The first-order chi connectivity index (χ1) is 12.1. The molecule has 6 nitrogen and oxygen atoms in total. The summed E-state index contributed by atoms with van der Waals surface area (Å²) in [6, 6.07) is 13.2. The molecule has 3 N–H and O–H groups in total. The first kappa shape index (κ1) is 16.6. The molecule has 1 heterocycles. The Morgan fingerprint density at radius 2 is 2.04 bits per heavy atom. The minimum atomic E-state index is -0.272. The fourth-order valence-corrected chi connectivity index (χ4v) is 2.35. The molecule has 0 saturated heterocycles. The van der Waals surface area contributed by atoms with Crippen LogP contribution in [0.15, 0.2) is 54.9 Å². The average molecular weight is 339 g/mol. The number of carbonyl (C=O) groups is 1. The Labute approximate surface area is 144 Å². The number of rotatable bonds is 6. The summed E-state index contributed by atoms with van der Waals surface area (Å²) in [5.41, 5.74) is 2.30. The first-order valence-electron chi connectivity index (χ1n) is 7.86. The largest absolute Gasteiger partial charge is 0.381 e. The van der Waals surface area contributed by atoms with Crippen molar-refractivity contribution in [3.63, 3.8) is 0 Å². The van der Waals surface area contributed by atoms with Crippen LogP contribution in [0.5, 0.6) is 0 Å². The maximum Gasteiger partial charge on any atom is 0.251 e. The van der Waals surface area contributed by atoms with Gasteiger partial charge in [-0.15, -0.1) is 0 Å². The summed E-state index contributed by atoms with van der Waals surface area (Å²) in [7, 11) is 0. The van der Waals surface area contributed by atoms with Crippen molar-refractivity contribution >= 4 is 11.6 Å². The molecule has 0 radical (unpaired) electrons. The van der Waals surface area contributed by atoms with Gasteiger partial charge in [0.05, 0.1) is 6.04 Å². The van der Waals surface area contributed by atoms with Crippen LogP contribution in [0.1, 0.15) is 34.7 Å². The van der Waals surface area contributed by atoms with Gasteiger partial charge < -0.3 is 10.6 Å². The highest BCUT2D eigenvalue weighted by Crippen LogP contribution is 2.14. The number of halogens is 1. The van der Waals surface area contributed by atoms with E-state index in [1.54, 1.807) is 30.3 Å². The summed E-state index contributed by atoms with van der Waals surface area (Å²) in [6.07, 6.45) is 1.40. The van der Waals surface area contributed by atoms with Gasteiger partial charge in [0.25, 0.3) is 5.91 Å². The van der Waals surface area contributed by atoms with Crippen molar-refractivity contribution in [3.05, 3.63) is 77.6 Å². The van der Waals surface area contributed by atoms with E-state index in [1.807, 2.05) is 13.0 Å². The Balaban J connectivity index is 1.62. The number of anilines is 1. The van der Waals surface area contributed by atoms with Crippen LogP contribution in [0.4, 0.5) is 10.1 Å². The van der Waals surface area contributed by atoms with Crippen molar-refractivity contribution < 1.29 is 9.18 Å². The van der Waals surface area contributed by atoms with Gasteiger partial charge in [0.2, 0.25) is 0 Å². The molecular formula is C18H18FN5O. The maximum absolute atomic E-state index is 12.9. The lowest BCUT2D eigenvalue weighted by molar-refractivity contribution is 0.0938. The molecule has 0 aliphatic rings. The van der Waals surface area contributed by atoms with Gasteiger partial charge in [-0.05, 0) is 42.8 Å². The second kappa shape index (κ2) is 7.57. The van der Waals surface area contributed by atoms with Crippen molar-refractivity contribution in [3.8, 4) is 0 Å². The van der Waals surface area contributed by atoms with Gasteiger partial charge >= 0.3 is 0 Å². The van der Waals surface area contributed by atoms with E-state index >= 15 is 0 Å². The predicted octanol–water partition coefficient (Wildman–Crippen LogP) is 3.05. The third-order valence-corrected chi connectivity index (χ3v) is 3.73. The minimum absolute atomic E-state index is 0.200. The fraction of sp³-hybridized carbons (Fsp3) is 0.167. The highest BCUT2D eigenvalue weighted by molar-refractivity contribution is 5.95. The average Bonchev–Trinajstić information content (AvgIpc) is 3.16. The number of aromatic nitrogens is 3. The highest BCUT2D eigenvalue weighted by Gasteiger charge is 2.13. The molecule has 0 aliphatic carbocycles. The molecule has 0 saturated carbocycles. The molecule has 3 aromatic rings. The Morgan fingerprint density at radius 1 is 1.24 bits per heavy atom. The summed E-state index contributed by atoms with van der Waals surface area (Å²) >= 11 is 0. The highest BCUT2D eigenvalue weighted by atomic mass is 19.1.